The molecule has 0 aliphatic carbocycles. The molecule has 0 aliphatic rings. The summed E-state index contributed by atoms with van der Waals surface area (Å²) in [5.41, 5.74) is 1.92. The Morgan fingerprint density at radius 3 is 2.53 bits per heavy atom. The topological polar surface area (TPSA) is 32.7 Å². The zero-order valence-corrected chi connectivity index (χ0v) is 12.8. The highest BCUT2D eigenvalue weighted by Crippen LogP contribution is 2.28. The number of aliphatic hydroxyl groups excluding tert-OH is 1. The van der Waals surface area contributed by atoms with Crippen molar-refractivity contribution in [1.29, 1.82) is 0 Å². The Balaban J connectivity index is 3.10. The SMILES string of the molecule is CCC(CC)N(CCOC)c1cc(Cl)ccc1CO. The first-order valence-electron chi connectivity index (χ1n) is 6.82. The molecule has 0 heterocycles. The van der Waals surface area contributed by atoms with E-state index in [9.17, 15) is 5.11 Å². The van der Waals surface area contributed by atoms with Gasteiger partial charge in [-0.2, -0.15) is 0 Å². The highest BCUT2D eigenvalue weighted by atomic mass is 35.5. The minimum atomic E-state index is 0.0239. The lowest BCUT2D eigenvalue weighted by atomic mass is 10.1. The quantitative estimate of drug-likeness (QED) is 0.794. The van der Waals surface area contributed by atoms with E-state index < -0.39 is 0 Å². The third kappa shape index (κ3) is 4.37. The average Bonchev–Trinajstić information content (AvgIpc) is 2.43. The molecule has 3 nitrogen and oxygen atoms in total. The van der Waals surface area contributed by atoms with Crippen molar-refractivity contribution in [3.05, 3.63) is 28.8 Å². The van der Waals surface area contributed by atoms with Crippen LogP contribution in [0.5, 0.6) is 0 Å². The molecule has 4 heteroatoms. The number of anilines is 1. The first kappa shape index (κ1) is 16.3. The molecule has 0 aromatic heterocycles. The van der Waals surface area contributed by atoms with Crippen molar-refractivity contribution in [2.24, 2.45) is 0 Å². The molecule has 0 saturated heterocycles. The lowest BCUT2D eigenvalue weighted by Crippen LogP contribution is -2.37. The predicted octanol–water partition coefficient (Wildman–Crippen LogP) is 3.47. The van der Waals surface area contributed by atoms with Crippen molar-refractivity contribution in [2.45, 2.75) is 39.3 Å². The van der Waals surface area contributed by atoms with E-state index in [1.54, 1.807) is 7.11 Å². The van der Waals surface area contributed by atoms with Crippen LogP contribution >= 0.6 is 11.6 Å². The Hall–Kier alpha value is -0.770. The number of benzene rings is 1. The highest BCUT2D eigenvalue weighted by molar-refractivity contribution is 6.30. The molecule has 0 unspecified atom stereocenters. The van der Waals surface area contributed by atoms with Gasteiger partial charge in [0, 0.05) is 36.0 Å². The van der Waals surface area contributed by atoms with Crippen molar-refractivity contribution >= 4 is 17.3 Å². The van der Waals surface area contributed by atoms with E-state index in [1.165, 1.54) is 0 Å². The Morgan fingerprint density at radius 1 is 1.32 bits per heavy atom. The van der Waals surface area contributed by atoms with Crippen LogP contribution < -0.4 is 4.90 Å². The molecule has 0 fully saturated rings. The summed E-state index contributed by atoms with van der Waals surface area (Å²) in [6.45, 7) is 5.84. The van der Waals surface area contributed by atoms with Gasteiger partial charge in [0.15, 0.2) is 0 Å². The van der Waals surface area contributed by atoms with Crippen molar-refractivity contribution in [2.75, 3.05) is 25.2 Å². The molecule has 0 atom stereocenters. The van der Waals surface area contributed by atoms with Gasteiger partial charge in [-0.05, 0) is 25.0 Å². The van der Waals surface area contributed by atoms with Gasteiger partial charge in [0.25, 0.3) is 0 Å². The van der Waals surface area contributed by atoms with Crippen molar-refractivity contribution < 1.29 is 9.84 Å². The first-order valence-corrected chi connectivity index (χ1v) is 7.20. The van der Waals surface area contributed by atoms with Gasteiger partial charge in [-0.3, -0.25) is 0 Å². The molecule has 0 radical (unpaired) electrons. The number of aliphatic hydroxyl groups is 1. The molecular weight excluding hydrogens is 262 g/mol. The van der Waals surface area contributed by atoms with Crippen LogP contribution in [0.15, 0.2) is 18.2 Å². The van der Waals surface area contributed by atoms with Crippen LogP contribution in [0.3, 0.4) is 0 Å². The zero-order chi connectivity index (χ0) is 14.3. The summed E-state index contributed by atoms with van der Waals surface area (Å²) in [5, 5.41) is 10.2. The molecule has 1 rings (SSSR count). The minimum absolute atomic E-state index is 0.0239. The fourth-order valence-corrected chi connectivity index (χ4v) is 2.52. The third-order valence-electron chi connectivity index (χ3n) is 3.45. The summed E-state index contributed by atoms with van der Waals surface area (Å²) in [7, 11) is 1.70. The second-order valence-electron chi connectivity index (χ2n) is 4.59. The molecule has 0 saturated carbocycles. The van der Waals surface area contributed by atoms with Gasteiger partial charge in [0.2, 0.25) is 0 Å². The summed E-state index contributed by atoms with van der Waals surface area (Å²) in [4.78, 5) is 2.29. The molecule has 1 aromatic rings. The molecule has 0 amide bonds. The van der Waals surface area contributed by atoms with Crippen LogP contribution in [0.25, 0.3) is 0 Å². The fourth-order valence-electron chi connectivity index (χ4n) is 2.36. The number of methoxy groups -OCH3 is 1. The van der Waals surface area contributed by atoms with Gasteiger partial charge < -0.3 is 14.7 Å². The molecular formula is C15H24ClNO2. The van der Waals surface area contributed by atoms with E-state index in [1.807, 2.05) is 18.2 Å². The van der Waals surface area contributed by atoms with Gasteiger partial charge in [-0.25, -0.2) is 0 Å². The Kier molecular flexibility index (Phi) is 7.21. The lowest BCUT2D eigenvalue weighted by molar-refractivity contribution is 0.202. The van der Waals surface area contributed by atoms with E-state index in [-0.39, 0.29) is 6.61 Å². The smallest absolute Gasteiger partial charge is 0.0702 e. The van der Waals surface area contributed by atoms with Crippen molar-refractivity contribution in [1.82, 2.24) is 0 Å². The van der Waals surface area contributed by atoms with Gasteiger partial charge in [-0.1, -0.05) is 31.5 Å². The van der Waals surface area contributed by atoms with Crippen LogP contribution in [0, 0.1) is 0 Å². The minimum Gasteiger partial charge on any atom is -0.392 e. The number of ether oxygens (including phenoxy) is 1. The first-order chi connectivity index (χ1) is 9.17. The monoisotopic (exact) mass is 285 g/mol. The van der Waals surface area contributed by atoms with Crippen LogP contribution in [0.4, 0.5) is 5.69 Å². The molecule has 0 bridgehead atoms. The van der Waals surface area contributed by atoms with E-state index in [4.69, 9.17) is 16.3 Å². The summed E-state index contributed by atoms with van der Waals surface area (Å²) in [5.74, 6) is 0. The van der Waals surface area contributed by atoms with Gasteiger partial charge in [-0.15, -0.1) is 0 Å². The molecule has 0 spiro atoms. The van der Waals surface area contributed by atoms with Crippen LogP contribution in [0.2, 0.25) is 5.02 Å². The number of halogens is 1. The standard InChI is InChI=1S/C15H24ClNO2/c1-4-14(5-2)17(8-9-19-3)15-10-13(16)7-6-12(15)11-18/h6-7,10,14,18H,4-5,8-9,11H2,1-3H3. The van der Waals surface area contributed by atoms with Crippen molar-refractivity contribution in [3.63, 3.8) is 0 Å². The highest BCUT2D eigenvalue weighted by Gasteiger charge is 2.18. The summed E-state index contributed by atoms with van der Waals surface area (Å²) >= 11 is 6.10. The van der Waals surface area contributed by atoms with Crippen LogP contribution in [-0.2, 0) is 11.3 Å². The molecule has 108 valence electrons. The second kappa shape index (κ2) is 8.41. The third-order valence-corrected chi connectivity index (χ3v) is 3.68. The van der Waals surface area contributed by atoms with Crippen LogP contribution in [0.1, 0.15) is 32.3 Å². The normalized spacial score (nSPS) is 11.1. The maximum Gasteiger partial charge on any atom is 0.0702 e. The Morgan fingerprint density at radius 2 is 2.00 bits per heavy atom. The number of rotatable bonds is 8. The summed E-state index contributed by atoms with van der Waals surface area (Å²) in [6, 6.07) is 6.07. The predicted molar refractivity (Wildman–Crippen MR) is 81.0 cm³/mol. The molecule has 0 aliphatic heterocycles. The van der Waals surface area contributed by atoms with Gasteiger partial charge in [0.1, 0.15) is 0 Å². The Bertz CT molecular complexity index is 380. The van der Waals surface area contributed by atoms with E-state index in [0.717, 1.165) is 30.6 Å². The molecule has 1 N–H and O–H groups in total. The van der Waals surface area contributed by atoms with E-state index in [0.29, 0.717) is 17.7 Å². The number of hydrogen-bond donors (Lipinski definition) is 1. The number of nitrogens with zero attached hydrogens (tertiary/aromatic N) is 1. The maximum atomic E-state index is 9.51. The lowest BCUT2D eigenvalue weighted by Gasteiger charge is -2.34. The van der Waals surface area contributed by atoms with Gasteiger partial charge >= 0.3 is 0 Å². The van der Waals surface area contributed by atoms with E-state index >= 15 is 0 Å². The average molecular weight is 286 g/mol. The van der Waals surface area contributed by atoms with Gasteiger partial charge in [0.05, 0.1) is 13.2 Å². The summed E-state index contributed by atoms with van der Waals surface area (Å²) < 4.78 is 5.20. The van der Waals surface area contributed by atoms with E-state index in [2.05, 4.69) is 18.7 Å². The van der Waals surface area contributed by atoms with Crippen LogP contribution in [-0.4, -0.2) is 31.4 Å². The second-order valence-corrected chi connectivity index (χ2v) is 5.02. The van der Waals surface area contributed by atoms with Crippen molar-refractivity contribution in [3.8, 4) is 0 Å². The number of hydrogen-bond acceptors (Lipinski definition) is 3. The molecule has 1 aromatic carbocycles. The zero-order valence-electron chi connectivity index (χ0n) is 12.0. The maximum absolute atomic E-state index is 9.51. The largest absolute Gasteiger partial charge is 0.392 e. The summed E-state index contributed by atoms with van der Waals surface area (Å²) in [6.07, 6.45) is 2.11. The fraction of sp³-hybridized carbons (Fsp3) is 0.600. The Labute approximate surface area is 121 Å². The molecule has 19 heavy (non-hydrogen) atoms.